The highest BCUT2D eigenvalue weighted by atomic mass is 32.2. The van der Waals surface area contributed by atoms with E-state index >= 15 is 0 Å². The third-order valence-corrected chi connectivity index (χ3v) is 11.6. The van der Waals surface area contributed by atoms with Crippen molar-refractivity contribution in [2.45, 2.75) is 87.8 Å². The normalized spacial score (nSPS) is 32.2. The topological polar surface area (TPSA) is 184 Å². The average molecular weight is 668 g/mol. The van der Waals surface area contributed by atoms with E-state index in [1.165, 1.54) is 4.90 Å². The quantitative estimate of drug-likeness (QED) is 0.337. The smallest absolute Gasteiger partial charge is 0.405 e. The van der Waals surface area contributed by atoms with E-state index < -0.39 is 68.7 Å². The van der Waals surface area contributed by atoms with Crippen molar-refractivity contribution in [1.82, 2.24) is 25.2 Å². The molecule has 1 saturated heterocycles. The van der Waals surface area contributed by atoms with Gasteiger partial charge in [-0.05, 0) is 67.9 Å². The van der Waals surface area contributed by atoms with Crippen LogP contribution in [0.3, 0.4) is 0 Å². The third-order valence-electron chi connectivity index (χ3n) is 9.81. The number of pyridine rings is 1. The first-order valence-corrected chi connectivity index (χ1v) is 17.8. The van der Waals surface area contributed by atoms with Crippen molar-refractivity contribution in [3.8, 4) is 5.88 Å². The monoisotopic (exact) mass is 667 g/mol. The first kappa shape index (κ1) is 32.7. The molecule has 1 aromatic carbocycles. The first-order chi connectivity index (χ1) is 22.4. The van der Waals surface area contributed by atoms with Gasteiger partial charge in [0, 0.05) is 23.9 Å². The number of sulfonamides is 1. The number of nitrogens with zero attached hydrogens (tertiary/aromatic N) is 2. The minimum atomic E-state index is -3.88. The molecule has 47 heavy (non-hydrogen) atoms. The Morgan fingerprint density at radius 1 is 1.11 bits per heavy atom. The number of nitrogens with one attached hydrogen (secondary N) is 3. The molecule has 2 unspecified atom stereocenters. The van der Waals surface area contributed by atoms with Crippen molar-refractivity contribution in [3.63, 3.8) is 0 Å². The number of rotatable bonds is 6. The lowest BCUT2D eigenvalue weighted by Gasteiger charge is -2.32. The minimum Gasteiger partial charge on any atom is -0.472 e. The zero-order valence-electron chi connectivity index (χ0n) is 26.4. The third kappa shape index (κ3) is 6.92. The van der Waals surface area contributed by atoms with Gasteiger partial charge in [-0.15, -0.1) is 0 Å². The molecule has 2 saturated carbocycles. The number of ether oxygens (including phenoxy) is 1. The Labute approximate surface area is 273 Å². The predicted octanol–water partition coefficient (Wildman–Crippen LogP) is 2.71. The standard InChI is InChI=1S/C33H41N5O8S/c1-19-7-3-5-9-22-17-33(22,31(41)37-47(44,45)24-11-12-24)36-28(39)26-16-23(46-29-25-10-6-4-8-21(25)13-14-34-29)18-38(26)30(40)27(20(2)15-19)35-32(42)43/h4-6,8-10,13-14,19-20,22-24,26-27,35H,3,7,11-12,15-18H2,1-2H3,(H,36,39)(H,37,41)(H,42,43)/b9-5-/t19-,20-,22?,23-,26+,27+,33?/m1/s1. The fraction of sp³-hybridized carbons (Fsp3) is 0.545. The lowest BCUT2D eigenvalue weighted by atomic mass is 9.88. The second kappa shape index (κ2) is 12.8. The molecule has 2 aliphatic heterocycles. The molecule has 0 radical (unpaired) electrons. The van der Waals surface area contributed by atoms with Gasteiger partial charge >= 0.3 is 6.09 Å². The molecule has 2 aromatic rings. The van der Waals surface area contributed by atoms with Gasteiger partial charge in [-0.3, -0.25) is 19.1 Å². The summed E-state index contributed by atoms with van der Waals surface area (Å²) in [6, 6.07) is 7.11. The van der Waals surface area contributed by atoms with E-state index in [4.69, 9.17) is 4.74 Å². The Hall–Kier alpha value is -4.20. The molecule has 14 heteroatoms. The summed E-state index contributed by atoms with van der Waals surface area (Å²) in [5.74, 6) is -2.35. The highest BCUT2D eigenvalue weighted by Crippen LogP contribution is 2.46. The second-order valence-corrected chi connectivity index (χ2v) is 15.5. The molecule has 13 nitrogen and oxygen atoms in total. The SMILES string of the molecule is C[C@@H]1CC/C=C\C2CC2(C(=O)NS(=O)(=O)C2CC2)NC(=O)[C@@H]2C[C@@H](Oc3nccc4ccccc34)CN2C(=O)[C@@H](NC(=O)O)[C@H](C)C1. The van der Waals surface area contributed by atoms with Gasteiger partial charge in [0.25, 0.3) is 5.91 Å². The number of benzene rings is 1. The van der Waals surface area contributed by atoms with Crippen molar-refractivity contribution >= 4 is 44.6 Å². The maximum Gasteiger partial charge on any atom is 0.405 e. The number of amides is 4. The Morgan fingerprint density at radius 2 is 1.87 bits per heavy atom. The van der Waals surface area contributed by atoms with E-state index in [1.807, 2.05) is 56.3 Å². The summed E-state index contributed by atoms with van der Waals surface area (Å²) in [7, 11) is -3.88. The molecule has 2 aliphatic carbocycles. The number of hydrogen-bond acceptors (Lipinski definition) is 8. The van der Waals surface area contributed by atoms with Gasteiger partial charge in [0.15, 0.2) is 0 Å². The largest absolute Gasteiger partial charge is 0.472 e. The fourth-order valence-corrected chi connectivity index (χ4v) is 8.34. The Morgan fingerprint density at radius 3 is 2.62 bits per heavy atom. The molecular weight excluding hydrogens is 626 g/mol. The highest BCUT2D eigenvalue weighted by Gasteiger charge is 2.62. The van der Waals surface area contributed by atoms with Crippen LogP contribution in [0.4, 0.5) is 4.79 Å². The maximum atomic E-state index is 14.2. The molecule has 4 amide bonds. The number of carbonyl (C=O) groups is 4. The molecule has 6 rings (SSSR count). The summed E-state index contributed by atoms with van der Waals surface area (Å²) in [6.07, 6.45) is 6.53. The van der Waals surface area contributed by atoms with Gasteiger partial charge in [-0.2, -0.15) is 0 Å². The van der Waals surface area contributed by atoms with Crippen LogP contribution in [-0.2, 0) is 24.4 Å². The van der Waals surface area contributed by atoms with E-state index in [0.29, 0.717) is 31.6 Å². The van der Waals surface area contributed by atoms with Gasteiger partial charge in [0.2, 0.25) is 27.7 Å². The summed E-state index contributed by atoms with van der Waals surface area (Å²) in [5, 5.41) is 15.9. The number of allylic oxidation sites excluding steroid dienone is 1. The zero-order chi connectivity index (χ0) is 33.5. The van der Waals surface area contributed by atoms with Crippen molar-refractivity contribution in [3.05, 3.63) is 48.7 Å². The van der Waals surface area contributed by atoms with Crippen LogP contribution in [0.1, 0.15) is 58.8 Å². The molecule has 3 heterocycles. The van der Waals surface area contributed by atoms with Crippen molar-refractivity contribution in [2.75, 3.05) is 6.54 Å². The summed E-state index contributed by atoms with van der Waals surface area (Å²) in [5.41, 5.74) is -1.50. The Balaban J connectivity index is 1.33. The number of hydrogen-bond donors (Lipinski definition) is 4. The number of fused-ring (bicyclic) bond motifs is 3. The van der Waals surface area contributed by atoms with Crippen LogP contribution in [0.15, 0.2) is 48.7 Å². The van der Waals surface area contributed by atoms with Crippen LogP contribution in [-0.4, -0.2) is 82.7 Å². The Bertz CT molecular complexity index is 1710. The average Bonchev–Trinajstić information content (AvgIpc) is 3.95. The van der Waals surface area contributed by atoms with Gasteiger partial charge in [-0.25, -0.2) is 18.2 Å². The zero-order valence-corrected chi connectivity index (χ0v) is 27.2. The van der Waals surface area contributed by atoms with Gasteiger partial charge in [0.1, 0.15) is 23.7 Å². The summed E-state index contributed by atoms with van der Waals surface area (Å²) >= 11 is 0. The van der Waals surface area contributed by atoms with Gasteiger partial charge in [-0.1, -0.05) is 44.2 Å². The Kier molecular flexibility index (Phi) is 8.90. The van der Waals surface area contributed by atoms with Gasteiger partial charge < -0.3 is 25.4 Å². The van der Waals surface area contributed by atoms with Crippen LogP contribution in [0.25, 0.3) is 10.8 Å². The van der Waals surface area contributed by atoms with Crippen LogP contribution < -0.4 is 20.1 Å². The molecule has 1 aromatic heterocycles. The number of carboxylic acid groups (broad SMARTS) is 1. The van der Waals surface area contributed by atoms with Crippen LogP contribution in [0, 0.1) is 17.8 Å². The van der Waals surface area contributed by atoms with E-state index in [1.54, 1.807) is 6.20 Å². The molecule has 3 fully saturated rings. The first-order valence-electron chi connectivity index (χ1n) is 16.2. The number of carbonyl (C=O) groups excluding carboxylic acids is 3. The summed E-state index contributed by atoms with van der Waals surface area (Å²) in [4.78, 5) is 59.6. The number of aromatic nitrogens is 1. The lowest BCUT2D eigenvalue weighted by molar-refractivity contribution is -0.142. The fourth-order valence-electron chi connectivity index (χ4n) is 6.97. The molecule has 0 bridgehead atoms. The molecule has 0 spiro atoms. The van der Waals surface area contributed by atoms with Crippen molar-refractivity contribution < 1.29 is 37.4 Å². The maximum absolute atomic E-state index is 14.2. The summed E-state index contributed by atoms with van der Waals surface area (Å²) < 4.78 is 33.9. The molecule has 7 atom stereocenters. The highest BCUT2D eigenvalue weighted by molar-refractivity contribution is 7.91. The summed E-state index contributed by atoms with van der Waals surface area (Å²) in [6.45, 7) is 3.82. The molecule has 4 N–H and O–H groups in total. The second-order valence-electron chi connectivity index (χ2n) is 13.5. The van der Waals surface area contributed by atoms with E-state index in [-0.39, 0.29) is 31.2 Å². The van der Waals surface area contributed by atoms with Crippen molar-refractivity contribution in [2.24, 2.45) is 17.8 Å². The van der Waals surface area contributed by atoms with Crippen LogP contribution >= 0.6 is 0 Å². The lowest BCUT2D eigenvalue weighted by Crippen LogP contribution is -2.59. The van der Waals surface area contributed by atoms with Crippen LogP contribution in [0.2, 0.25) is 0 Å². The van der Waals surface area contributed by atoms with Crippen molar-refractivity contribution in [1.29, 1.82) is 0 Å². The van der Waals surface area contributed by atoms with Gasteiger partial charge in [0.05, 0.1) is 11.8 Å². The predicted molar refractivity (Wildman–Crippen MR) is 172 cm³/mol. The molecule has 4 aliphatic rings. The van der Waals surface area contributed by atoms with E-state index in [9.17, 15) is 32.7 Å². The van der Waals surface area contributed by atoms with Crippen LogP contribution in [0.5, 0.6) is 5.88 Å². The minimum absolute atomic E-state index is 0.0273. The van der Waals surface area contributed by atoms with E-state index in [0.717, 1.165) is 17.2 Å². The molecular formula is C33H41N5O8S. The van der Waals surface area contributed by atoms with E-state index in [2.05, 4.69) is 20.3 Å². The molecule has 252 valence electrons.